The summed E-state index contributed by atoms with van der Waals surface area (Å²) in [5.41, 5.74) is 0.825. The number of carbonyl (C=O) groups excluding carboxylic acids is 1. The van der Waals surface area contributed by atoms with E-state index in [-0.39, 0.29) is 17.7 Å². The number of aromatic hydroxyl groups is 1. The highest BCUT2D eigenvalue weighted by molar-refractivity contribution is 9.10. The number of amidine groups is 1. The lowest BCUT2D eigenvalue weighted by Gasteiger charge is -2.31. The van der Waals surface area contributed by atoms with Gasteiger partial charge >= 0.3 is 0 Å². The van der Waals surface area contributed by atoms with Gasteiger partial charge in [0, 0.05) is 6.04 Å². The molecular weight excluding hydrogens is 476 g/mol. The number of hydrogen-bond acceptors (Lipinski definition) is 5. The summed E-state index contributed by atoms with van der Waals surface area (Å²) in [6.07, 6.45) is 13.6. The molecule has 0 bridgehead atoms. The molecule has 2 aliphatic carbocycles. The Morgan fingerprint density at radius 3 is 2.52 bits per heavy atom. The van der Waals surface area contributed by atoms with Crippen molar-refractivity contribution in [2.75, 3.05) is 6.61 Å². The summed E-state index contributed by atoms with van der Waals surface area (Å²) in [6, 6.07) is 4.19. The van der Waals surface area contributed by atoms with E-state index in [0.29, 0.717) is 27.8 Å². The molecule has 3 aliphatic rings. The summed E-state index contributed by atoms with van der Waals surface area (Å²) < 4.78 is 6.11. The number of ether oxygens (including phenoxy) is 1. The highest BCUT2D eigenvalue weighted by Gasteiger charge is 2.39. The first-order valence-electron chi connectivity index (χ1n) is 11.5. The molecule has 1 amide bonds. The summed E-state index contributed by atoms with van der Waals surface area (Å²) in [5.74, 6) is 0.561. The summed E-state index contributed by atoms with van der Waals surface area (Å²) in [4.78, 5) is 21.3. The Kier molecular flexibility index (Phi) is 7.64. The van der Waals surface area contributed by atoms with Gasteiger partial charge in [-0.25, -0.2) is 0 Å². The third-order valence-electron chi connectivity index (χ3n) is 6.29. The van der Waals surface area contributed by atoms with Crippen LogP contribution < -0.4 is 4.74 Å². The molecular formula is C24H31BrN2O3S. The van der Waals surface area contributed by atoms with Crippen molar-refractivity contribution in [1.82, 2.24) is 4.90 Å². The maximum absolute atomic E-state index is 13.5. The summed E-state index contributed by atoms with van der Waals surface area (Å²) in [6.45, 7) is 2.34. The Hall–Kier alpha value is -1.47. The SMILES string of the molecule is CCOc1cc(C=C2SC(=NC3CCCCC3)N(C3CCCCC3)C2=O)cc(Br)c1O. The van der Waals surface area contributed by atoms with E-state index in [1.807, 2.05) is 24.0 Å². The summed E-state index contributed by atoms with van der Waals surface area (Å²) in [5, 5.41) is 11.1. The number of halogens is 1. The van der Waals surface area contributed by atoms with Gasteiger partial charge in [0.05, 0.1) is 22.0 Å². The van der Waals surface area contributed by atoms with Gasteiger partial charge in [-0.05, 0) is 84.1 Å². The van der Waals surface area contributed by atoms with Crippen molar-refractivity contribution in [3.8, 4) is 11.5 Å². The minimum atomic E-state index is 0.0635. The molecule has 2 saturated carbocycles. The normalized spacial score (nSPS) is 23.8. The van der Waals surface area contributed by atoms with Crippen molar-refractivity contribution in [3.63, 3.8) is 0 Å². The van der Waals surface area contributed by atoms with E-state index in [2.05, 4.69) is 15.9 Å². The van der Waals surface area contributed by atoms with Crippen LogP contribution in [0.5, 0.6) is 11.5 Å². The Morgan fingerprint density at radius 1 is 1.16 bits per heavy atom. The number of phenolic OH excluding ortho intramolecular Hbond substituents is 1. The van der Waals surface area contributed by atoms with Crippen LogP contribution in [0.25, 0.3) is 6.08 Å². The zero-order valence-electron chi connectivity index (χ0n) is 18.1. The fourth-order valence-electron chi connectivity index (χ4n) is 4.70. The van der Waals surface area contributed by atoms with Crippen LogP contribution in [0.15, 0.2) is 26.5 Å². The van der Waals surface area contributed by atoms with E-state index in [0.717, 1.165) is 36.4 Å². The van der Waals surface area contributed by atoms with Gasteiger partial charge in [0.2, 0.25) is 0 Å². The quantitative estimate of drug-likeness (QED) is 0.463. The van der Waals surface area contributed by atoms with Gasteiger partial charge < -0.3 is 9.84 Å². The second-order valence-corrected chi connectivity index (χ2v) is 10.4. The lowest BCUT2D eigenvalue weighted by atomic mass is 9.94. The van der Waals surface area contributed by atoms with E-state index in [9.17, 15) is 9.90 Å². The molecule has 0 atom stereocenters. The minimum absolute atomic E-state index is 0.0635. The van der Waals surface area contributed by atoms with E-state index in [1.54, 1.807) is 6.07 Å². The fraction of sp³-hybridized carbons (Fsp3) is 0.583. The number of phenols is 1. The van der Waals surface area contributed by atoms with E-state index in [4.69, 9.17) is 9.73 Å². The standard InChI is InChI=1S/C24H31BrN2O3S/c1-2-30-20-14-16(13-19(25)22(20)28)15-21-23(29)27(18-11-7-4-8-12-18)24(31-21)26-17-9-5-3-6-10-17/h13-15,17-18,28H,2-12H2,1H3. The first-order valence-corrected chi connectivity index (χ1v) is 13.1. The second-order valence-electron chi connectivity index (χ2n) is 8.56. The van der Waals surface area contributed by atoms with Gasteiger partial charge in [-0.15, -0.1) is 0 Å². The molecule has 0 unspecified atom stereocenters. The van der Waals surface area contributed by atoms with Crippen LogP contribution in [0.1, 0.15) is 76.7 Å². The third kappa shape index (κ3) is 5.30. The van der Waals surface area contributed by atoms with Crippen LogP contribution >= 0.6 is 27.7 Å². The van der Waals surface area contributed by atoms with Gasteiger partial charge in [0.1, 0.15) is 0 Å². The first-order chi connectivity index (χ1) is 15.1. The number of thioether (sulfide) groups is 1. The van der Waals surface area contributed by atoms with Gasteiger partial charge in [0.15, 0.2) is 16.7 Å². The van der Waals surface area contributed by atoms with Crippen LogP contribution in [-0.4, -0.2) is 39.8 Å². The molecule has 0 spiro atoms. The molecule has 4 rings (SSSR count). The Morgan fingerprint density at radius 2 is 1.84 bits per heavy atom. The maximum Gasteiger partial charge on any atom is 0.266 e. The lowest BCUT2D eigenvalue weighted by Crippen LogP contribution is -2.41. The van der Waals surface area contributed by atoms with Crippen molar-refractivity contribution in [2.45, 2.75) is 83.2 Å². The van der Waals surface area contributed by atoms with Crippen molar-refractivity contribution in [1.29, 1.82) is 0 Å². The molecule has 1 N–H and O–H groups in total. The second kappa shape index (κ2) is 10.4. The molecule has 31 heavy (non-hydrogen) atoms. The predicted molar refractivity (Wildman–Crippen MR) is 131 cm³/mol. The smallest absolute Gasteiger partial charge is 0.266 e. The van der Waals surface area contributed by atoms with Crippen molar-refractivity contribution < 1.29 is 14.6 Å². The van der Waals surface area contributed by atoms with Crippen LogP contribution in [-0.2, 0) is 4.79 Å². The maximum atomic E-state index is 13.5. The molecule has 0 aromatic heterocycles. The average molecular weight is 507 g/mol. The predicted octanol–water partition coefficient (Wildman–Crippen LogP) is 6.49. The zero-order valence-corrected chi connectivity index (χ0v) is 20.5. The van der Waals surface area contributed by atoms with E-state index < -0.39 is 0 Å². The van der Waals surface area contributed by atoms with E-state index in [1.165, 1.54) is 50.3 Å². The monoisotopic (exact) mass is 506 g/mol. The number of benzene rings is 1. The fourth-order valence-corrected chi connectivity index (χ4v) is 6.27. The molecule has 3 fully saturated rings. The number of rotatable bonds is 5. The van der Waals surface area contributed by atoms with Crippen LogP contribution in [0.3, 0.4) is 0 Å². The van der Waals surface area contributed by atoms with Crippen molar-refractivity contribution >= 4 is 44.8 Å². The molecule has 1 aliphatic heterocycles. The molecule has 5 nitrogen and oxygen atoms in total. The Labute approximate surface area is 197 Å². The molecule has 168 valence electrons. The molecule has 0 radical (unpaired) electrons. The number of hydrogen-bond donors (Lipinski definition) is 1. The number of amides is 1. The average Bonchev–Trinajstić information content (AvgIpc) is 3.07. The molecule has 1 aromatic rings. The third-order valence-corrected chi connectivity index (χ3v) is 7.89. The number of aliphatic imine (C=N–C) groups is 1. The summed E-state index contributed by atoms with van der Waals surface area (Å²) in [7, 11) is 0. The van der Waals surface area contributed by atoms with Gasteiger partial charge in [-0.1, -0.05) is 38.5 Å². The van der Waals surface area contributed by atoms with Crippen molar-refractivity contribution in [3.05, 3.63) is 27.1 Å². The van der Waals surface area contributed by atoms with E-state index >= 15 is 0 Å². The highest BCUT2D eigenvalue weighted by atomic mass is 79.9. The topological polar surface area (TPSA) is 62.1 Å². The van der Waals surface area contributed by atoms with Gasteiger partial charge in [-0.3, -0.25) is 14.7 Å². The Balaban J connectivity index is 1.65. The van der Waals surface area contributed by atoms with Crippen LogP contribution in [0.2, 0.25) is 0 Å². The lowest BCUT2D eigenvalue weighted by molar-refractivity contribution is -0.124. The van der Waals surface area contributed by atoms with Gasteiger partial charge in [-0.2, -0.15) is 0 Å². The Bertz CT molecular complexity index is 874. The number of carbonyl (C=O) groups is 1. The first kappa shape index (κ1) is 22.7. The van der Waals surface area contributed by atoms with Gasteiger partial charge in [0.25, 0.3) is 5.91 Å². The van der Waals surface area contributed by atoms with Crippen LogP contribution in [0, 0.1) is 0 Å². The van der Waals surface area contributed by atoms with Crippen molar-refractivity contribution in [2.24, 2.45) is 4.99 Å². The van der Waals surface area contributed by atoms with Crippen LogP contribution in [0.4, 0.5) is 0 Å². The molecule has 1 heterocycles. The largest absolute Gasteiger partial charge is 0.503 e. The highest BCUT2D eigenvalue weighted by Crippen LogP contribution is 2.40. The summed E-state index contributed by atoms with van der Waals surface area (Å²) >= 11 is 4.91. The number of nitrogens with zero attached hydrogens (tertiary/aromatic N) is 2. The zero-order chi connectivity index (χ0) is 21.8. The minimum Gasteiger partial charge on any atom is -0.503 e. The molecule has 1 aromatic carbocycles. The molecule has 1 saturated heterocycles. The molecule has 7 heteroatoms.